The highest BCUT2D eigenvalue weighted by atomic mass is 16.5. The maximum atomic E-state index is 11.0. The third-order valence-corrected chi connectivity index (χ3v) is 2.52. The van der Waals surface area contributed by atoms with Crippen LogP contribution in [0.2, 0.25) is 0 Å². The summed E-state index contributed by atoms with van der Waals surface area (Å²) in [7, 11) is 0. The minimum Gasteiger partial charge on any atom is -0.426 e. The van der Waals surface area contributed by atoms with Crippen molar-refractivity contribution < 1.29 is 9.53 Å². The van der Waals surface area contributed by atoms with Crippen LogP contribution < -0.4 is 0 Å². The van der Waals surface area contributed by atoms with E-state index in [2.05, 4.69) is 6.07 Å². The monoisotopic (exact) mass is 202 g/mol. The van der Waals surface area contributed by atoms with Crippen molar-refractivity contribution in [3.63, 3.8) is 0 Å². The van der Waals surface area contributed by atoms with E-state index in [-0.39, 0.29) is 5.97 Å². The highest BCUT2D eigenvalue weighted by molar-refractivity contribution is 5.77. The van der Waals surface area contributed by atoms with Gasteiger partial charge < -0.3 is 4.74 Å². The Morgan fingerprint density at radius 1 is 1.33 bits per heavy atom. The molecule has 78 valence electrons. The maximum Gasteiger partial charge on any atom is 0.308 e. The number of fused-ring (bicyclic) bond motifs is 1. The molecule has 0 radical (unpaired) electrons. The van der Waals surface area contributed by atoms with Gasteiger partial charge in [0.1, 0.15) is 5.76 Å². The Morgan fingerprint density at radius 2 is 2.13 bits per heavy atom. The Balaban J connectivity index is 2.38. The molecule has 0 bridgehead atoms. The summed E-state index contributed by atoms with van der Waals surface area (Å²) in [6.45, 7) is 1.44. The van der Waals surface area contributed by atoms with Crippen LogP contribution in [-0.2, 0) is 16.0 Å². The predicted molar refractivity (Wildman–Crippen MR) is 59.1 cm³/mol. The first kappa shape index (κ1) is 9.97. The van der Waals surface area contributed by atoms with Crippen molar-refractivity contribution in [2.75, 3.05) is 0 Å². The number of aryl methyl sites for hydroxylation is 1. The molecule has 2 rings (SSSR count). The summed E-state index contributed by atoms with van der Waals surface area (Å²) in [5.41, 5.74) is 2.33. The van der Waals surface area contributed by atoms with Gasteiger partial charge in [-0.15, -0.1) is 0 Å². The summed E-state index contributed by atoms with van der Waals surface area (Å²) < 4.78 is 5.22. The van der Waals surface area contributed by atoms with Crippen LogP contribution in [0.15, 0.2) is 30.3 Å². The van der Waals surface area contributed by atoms with Gasteiger partial charge in [-0.3, -0.25) is 4.79 Å². The van der Waals surface area contributed by atoms with Crippen molar-refractivity contribution in [3.8, 4) is 0 Å². The van der Waals surface area contributed by atoms with Crippen molar-refractivity contribution >= 4 is 11.7 Å². The minimum atomic E-state index is -0.252. The first-order valence-electron chi connectivity index (χ1n) is 5.24. The van der Waals surface area contributed by atoms with E-state index in [1.165, 1.54) is 12.5 Å². The number of ether oxygens (including phenoxy) is 1. The van der Waals surface area contributed by atoms with Gasteiger partial charge in [-0.2, -0.15) is 0 Å². The average Bonchev–Trinajstić information content (AvgIpc) is 2.41. The van der Waals surface area contributed by atoms with Gasteiger partial charge in [-0.25, -0.2) is 0 Å². The first-order chi connectivity index (χ1) is 7.27. The fourth-order valence-corrected chi connectivity index (χ4v) is 1.87. The number of carbonyl (C=O) groups excluding carboxylic acids is 1. The molecule has 0 spiro atoms. The highest BCUT2D eigenvalue weighted by Crippen LogP contribution is 2.26. The average molecular weight is 202 g/mol. The number of esters is 1. The second-order valence-electron chi connectivity index (χ2n) is 3.71. The molecule has 0 atom stereocenters. The maximum absolute atomic E-state index is 11.0. The van der Waals surface area contributed by atoms with E-state index in [1.807, 2.05) is 24.3 Å². The fourth-order valence-electron chi connectivity index (χ4n) is 1.87. The number of hydrogen-bond acceptors (Lipinski definition) is 2. The van der Waals surface area contributed by atoms with Crippen LogP contribution in [0.5, 0.6) is 0 Å². The molecule has 1 aromatic rings. The quantitative estimate of drug-likeness (QED) is 0.654. The van der Waals surface area contributed by atoms with E-state index in [9.17, 15) is 4.79 Å². The first-order valence-corrected chi connectivity index (χ1v) is 5.24. The summed E-state index contributed by atoms with van der Waals surface area (Å²) in [6, 6.07) is 8.10. The van der Waals surface area contributed by atoms with E-state index in [0.717, 1.165) is 30.6 Å². The molecule has 2 nitrogen and oxygen atoms in total. The van der Waals surface area contributed by atoms with Gasteiger partial charge in [0.25, 0.3) is 0 Å². The largest absolute Gasteiger partial charge is 0.426 e. The highest BCUT2D eigenvalue weighted by Gasteiger charge is 2.12. The molecule has 1 aromatic carbocycles. The van der Waals surface area contributed by atoms with Crippen molar-refractivity contribution in [3.05, 3.63) is 41.5 Å². The van der Waals surface area contributed by atoms with E-state index in [1.54, 1.807) is 0 Å². The van der Waals surface area contributed by atoms with Crippen molar-refractivity contribution in [1.82, 2.24) is 0 Å². The lowest BCUT2D eigenvalue weighted by Crippen LogP contribution is -1.99. The Kier molecular flexibility index (Phi) is 2.86. The molecular weight excluding hydrogens is 188 g/mol. The van der Waals surface area contributed by atoms with Crippen LogP contribution in [0.1, 0.15) is 30.9 Å². The number of rotatable bonds is 1. The van der Waals surface area contributed by atoms with E-state index >= 15 is 0 Å². The van der Waals surface area contributed by atoms with Gasteiger partial charge in [0, 0.05) is 12.5 Å². The lowest BCUT2D eigenvalue weighted by Gasteiger charge is -2.09. The minimum absolute atomic E-state index is 0.252. The van der Waals surface area contributed by atoms with Gasteiger partial charge in [-0.1, -0.05) is 24.3 Å². The summed E-state index contributed by atoms with van der Waals surface area (Å²) in [5, 5.41) is 0. The summed E-state index contributed by atoms with van der Waals surface area (Å²) in [6.07, 6.45) is 5.14. The number of carbonyl (C=O) groups is 1. The normalized spacial score (nSPS) is 14.9. The zero-order valence-corrected chi connectivity index (χ0v) is 8.82. The van der Waals surface area contributed by atoms with Crippen molar-refractivity contribution in [1.29, 1.82) is 0 Å². The molecule has 0 unspecified atom stereocenters. The molecular formula is C13H14O2. The lowest BCUT2D eigenvalue weighted by atomic mass is 10.0. The third-order valence-electron chi connectivity index (χ3n) is 2.52. The standard InChI is InChI=1S/C13H14O2/c1-10(14)15-13-9-5-3-7-11-6-2-4-8-12(11)13/h2,4,6,8-9H,3,5,7H2,1H3. The number of allylic oxidation sites excluding steroid dienone is 1. The number of hydrogen-bond donors (Lipinski definition) is 0. The van der Waals surface area contributed by atoms with Crippen LogP contribution in [0.3, 0.4) is 0 Å². The van der Waals surface area contributed by atoms with Crippen molar-refractivity contribution in [2.45, 2.75) is 26.2 Å². The molecule has 1 aliphatic rings. The van der Waals surface area contributed by atoms with Crippen LogP contribution in [0.4, 0.5) is 0 Å². The van der Waals surface area contributed by atoms with Crippen LogP contribution in [0.25, 0.3) is 5.76 Å². The van der Waals surface area contributed by atoms with Gasteiger partial charge in [0.2, 0.25) is 0 Å². The molecule has 0 saturated carbocycles. The Morgan fingerprint density at radius 3 is 2.93 bits per heavy atom. The van der Waals surface area contributed by atoms with Gasteiger partial charge in [0.15, 0.2) is 0 Å². The predicted octanol–water partition coefficient (Wildman–Crippen LogP) is 2.93. The van der Waals surface area contributed by atoms with E-state index in [0.29, 0.717) is 0 Å². The van der Waals surface area contributed by atoms with Crippen LogP contribution in [-0.4, -0.2) is 5.97 Å². The molecule has 0 fully saturated rings. The van der Waals surface area contributed by atoms with E-state index in [4.69, 9.17) is 4.74 Å². The Bertz CT molecular complexity index is 405. The summed E-state index contributed by atoms with van der Waals surface area (Å²) in [4.78, 5) is 11.0. The second-order valence-corrected chi connectivity index (χ2v) is 3.71. The number of benzene rings is 1. The molecule has 0 saturated heterocycles. The van der Waals surface area contributed by atoms with Crippen molar-refractivity contribution in [2.24, 2.45) is 0 Å². The second kappa shape index (κ2) is 4.30. The molecule has 0 heterocycles. The molecule has 0 amide bonds. The van der Waals surface area contributed by atoms with Gasteiger partial charge >= 0.3 is 5.97 Å². The van der Waals surface area contributed by atoms with Gasteiger partial charge in [-0.05, 0) is 30.9 Å². The molecule has 15 heavy (non-hydrogen) atoms. The smallest absolute Gasteiger partial charge is 0.308 e. The molecule has 0 aliphatic heterocycles. The van der Waals surface area contributed by atoms with Crippen LogP contribution >= 0.6 is 0 Å². The van der Waals surface area contributed by atoms with Gasteiger partial charge in [0.05, 0.1) is 0 Å². The topological polar surface area (TPSA) is 26.3 Å². The summed E-state index contributed by atoms with van der Waals surface area (Å²) >= 11 is 0. The molecule has 1 aliphatic carbocycles. The molecule has 0 aromatic heterocycles. The summed E-state index contributed by atoms with van der Waals surface area (Å²) in [5.74, 6) is 0.466. The molecule has 2 heteroatoms. The zero-order chi connectivity index (χ0) is 10.7. The molecule has 0 N–H and O–H groups in total. The fraction of sp³-hybridized carbons (Fsp3) is 0.308. The van der Waals surface area contributed by atoms with E-state index < -0.39 is 0 Å². The lowest BCUT2D eigenvalue weighted by molar-refractivity contribution is -0.134. The SMILES string of the molecule is CC(=O)OC1=CCCCc2ccccc21. The Labute approximate surface area is 89.6 Å². The van der Waals surface area contributed by atoms with Crippen LogP contribution in [0, 0.1) is 0 Å². The third kappa shape index (κ3) is 2.27. The Hall–Kier alpha value is -1.57. The zero-order valence-electron chi connectivity index (χ0n) is 8.82.